The predicted octanol–water partition coefficient (Wildman–Crippen LogP) is 17.9. The van der Waals surface area contributed by atoms with Crippen LogP contribution < -0.4 is 9.80 Å². The molecule has 0 radical (unpaired) electrons. The highest BCUT2D eigenvalue weighted by atomic mass is 16.3. The second-order valence-corrected chi connectivity index (χ2v) is 18.0. The molecule has 0 spiro atoms. The molecule has 11 aromatic carbocycles. The lowest BCUT2D eigenvalue weighted by molar-refractivity contribution is 0.668. The van der Waals surface area contributed by atoms with Gasteiger partial charge in [-0.3, -0.25) is 0 Å². The first-order valence-corrected chi connectivity index (χ1v) is 23.6. The highest BCUT2D eigenvalue weighted by Crippen LogP contribution is 2.57. The van der Waals surface area contributed by atoms with Gasteiger partial charge in [0.05, 0.1) is 11.1 Å². The Hall–Kier alpha value is -9.12. The van der Waals surface area contributed by atoms with Crippen molar-refractivity contribution in [2.75, 3.05) is 9.80 Å². The topological polar surface area (TPSA) is 32.8 Å². The molecule has 1 aliphatic carbocycles. The van der Waals surface area contributed by atoms with Gasteiger partial charge in [0, 0.05) is 61.4 Å². The molecule has 0 amide bonds. The number of hydrogen-bond acceptors (Lipinski definition) is 4. The van der Waals surface area contributed by atoms with Crippen LogP contribution in [0.1, 0.15) is 22.3 Å². The zero-order valence-corrected chi connectivity index (χ0v) is 37.5. The van der Waals surface area contributed by atoms with Gasteiger partial charge >= 0.3 is 0 Å². The third-order valence-corrected chi connectivity index (χ3v) is 14.3. The number of fused-ring (bicyclic) bond motifs is 10. The Morgan fingerprint density at radius 3 is 1.54 bits per heavy atom. The summed E-state index contributed by atoms with van der Waals surface area (Å²) in [6, 6.07) is 92.0. The van der Waals surface area contributed by atoms with E-state index in [0.29, 0.717) is 0 Å². The minimum Gasteiger partial charge on any atom is -0.456 e. The van der Waals surface area contributed by atoms with E-state index in [0.717, 1.165) is 83.4 Å². The molecular weight excluding hydrogens is 841 g/mol. The average molecular weight is 883 g/mol. The molecule has 0 N–H and O–H groups in total. The maximum Gasteiger partial charge on any atom is 0.137 e. The van der Waals surface area contributed by atoms with Crippen molar-refractivity contribution in [2.24, 2.45) is 0 Å². The maximum absolute atomic E-state index is 6.61. The molecular formula is C65H42N2O2. The normalized spacial score (nSPS) is 12.8. The van der Waals surface area contributed by atoms with Gasteiger partial charge in [0.25, 0.3) is 0 Å². The van der Waals surface area contributed by atoms with Gasteiger partial charge in [-0.1, -0.05) is 170 Å². The molecule has 0 bridgehead atoms. The summed E-state index contributed by atoms with van der Waals surface area (Å²) in [6.07, 6.45) is 0. The standard InChI is InChI=1S/C65H42N2O2/c1-2-19-44(20-3-1)65(58-30-10-6-26-52(58)53-27-7-11-31-59(53)65)45-21-15-22-46(39-45)66(50-35-37-56-54-28-8-12-33-61(54)69-64(56)42-50)47-23-16-24-48(40-47)67(60-32-14-18-43-17-4-5-25-51(43)60)49-36-38-63-57(41-49)55-29-9-13-34-62(55)68-63/h1-42H. The molecule has 0 saturated heterocycles. The molecule has 0 saturated carbocycles. The minimum absolute atomic E-state index is 0.568. The summed E-state index contributed by atoms with van der Waals surface area (Å²) in [5.41, 5.74) is 16.5. The molecule has 1 aliphatic rings. The largest absolute Gasteiger partial charge is 0.456 e. The van der Waals surface area contributed by atoms with E-state index in [1.54, 1.807) is 0 Å². The Morgan fingerprint density at radius 2 is 0.768 bits per heavy atom. The second-order valence-electron chi connectivity index (χ2n) is 18.0. The van der Waals surface area contributed by atoms with E-state index in [-0.39, 0.29) is 0 Å². The number of hydrogen-bond donors (Lipinski definition) is 0. The zero-order chi connectivity index (χ0) is 45.5. The van der Waals surface area contributed by atoms with E-state index < -0.39 is 5.41 Å². The number of nitrogens with zero attached hydrogens (tertiary/aromatic N) is 2. The number of benzene rings is 11. The molecule has 13 aromatic rings. The van der Waals surface area contributed by atoms with E-state index in [9.17, 15) is 0 Å². The predicted molar refractivity (Wildman–Crippen MR) is 285 cm³/mol. The van der Waals surface area contributed by atoms with Crippen molar-refractivity contribution in [3.63, 3.8) is 0 Å². The first kappa shape index (κ1) is 39.1. The first-order chi connectivity index (χ1) is 34.2. The SMILES string of the molecule is c1ccc(C2(c3cccc(N(c4cccc(N(c5ccc6oc7ccccc7c6c5)c5cccc6ccccc56)c4)c4ccc5c(c4)oc4ccccc45)c3)c3ccccc3-c3ccccc32)cc1. The van der Waals surface area contributed by atoms with Crippen molar-refractivity contribution >= 4 is 88.8 Å². The van der Waals surface area contributed by atoms with Crippen LogP contribution in [0.2, 0.25) is 0 Å². The summed E-state index contributed by atoms with van der Waals surface area (Å²) in [6.45, 7) is 0. The van der Waals surface area contributed by atoms with Crippen LogP contribution in [0.4, 0.5) is 34.1 Å². The van der Waals surface area contributed by atoms with Gasteiger partial charge in [-0.15, -0.1) is 0 Å². The molecule has 2 aromatic heterocycles. The second kappa shape index (κ2) is 15.5. The highest BCUT2D eigenvalue weighted by Gasteiger charge is 2.46. The smallest absolute Gasteiger partial charge is 0.137 e. The average Bonchev–Trinajstić information content (AvgIpc) is 4.07. The monoisotopic (exact) mass is 882 g/mol. The fraction of sp³-hybridized carbons (Fsp3) is 0.0154. The van der Waals surface area contributed by atoms with E-state index in [4.69, 9.17) is 8.83 Å². The zero-order valence-electron chi connectivity index (χ0n) is 37.5. The van der Waals surface area contributed by atoms with Gasteiger partial charge < -0.3 is 18.6 Å². The quantitative estimate of drug-likeness (QED) is 0.152. The summed E-state index contributed by atoms with van der Waals surface area (Å²) in [5, 5.41) is 6.68. The van der Waals surface area contributed by atoms with Gasteiger partial charge in [-0.2, -0.15) is 0 Å². The van der Waals surface area contributed by atoms with Crippen molar-refractivity contribution in [3.05, 3.63) is 277 Å². The Kier molecular flexibility index (Phi) is 8.77. The van der Waals surface area contributed by atoms with Crippen molar-refractivity contribution in [2.45, 2.75) is 5.41 Å². The molecule has 2 heterocycles. The van der Waals surface area contributed by atoms with Gasteiger partial charge in [-0.05, 0) is 118 Å². The summed E-state index contributed by atoms with van der Waals surface area (Å²) >= 11 is 0. The molecule has 14 rings (SSSR count). The molecule has 69 heavy (non-hydrogen) atoms. The van der Waals surface area contributed by atoms with Gasteiger partial charge in [0.2, 0.25) is 0 Å². The minimum atomic E-state index is -0.568. The van der Waals surface area contributed by atoms with Gasteiger partial charge in [0.1, 0.15) is 22.3 Å². The summed E-state index contributed by atoms with van der Waals surface area (Å²) in [7, 11) is 0. The van der Waals surface area contributed by atoms with Crippen molar-refractivity contribution < 1.29 is 8.83 Å². The van der Waals surface area contributed by atoms with Crippen LogP contribution in [-0.4, -0.2) is 0 Å². The van der Waals surface area contributed by atoms with E-state index in [1.807, 2.05) is 24.3 Å². The van der Waals surface area contributed by atoms with Crippen LogP contribution >= 0.6 is 0 Å². The Balaban J connectivity index is 1.01. The van der Waals surface area contributed by atoms with Crippen molar-refractivity contribution in [1.29, 1.82) is 0 Å². The highest BCUT2D eigenvalue weighted by molar-refractivity contribution is 6.08. The lowest BCUT2D eigenvalue weighted by Crippen LogP contribution is -2.28. The summed E-state index contributed by atoms with van der Waals surface area (Å²) < 4.78 is 13.0. The maximum atomic E-state index is 6.61. The van der Waals surface area contributed by atoms with Crippen LogP contribution in [0.25, 0.3) is 65.8 Å². The van der Waals surface area contributed by atoms with Crippen LogP contribution in [0.3, 0.4) is 0 Å². The number of anilines is 6. The fourth-order valence-electron chi connectivity index (χ4n) is 11.3. The van der Waals surface area contributed by atoms with E-state index in [1.165, 1.54) is 38.8 Å². The molecule has 0 aliphatic heterocycles. The molecule has 324 valence electrons. The van der Waals surface area contributed by atoms with Crippen LogP contribution in [0.5, 0.6) is 0 Å². The third kappa shape index (κ3) is 6.02. The van der Waals surface area contributed by atoms with E-state index >= 15 is 0 Å². The summed E-state index contributed by atoms with van der Waals surface area (Å²) in [4.78, 5) is 4.78. The van der Waals surface area contributed by atoms with Crippen molar-refractivity contribution in [3.8, 4) is 11.1 Å². The summed E-state index contributed by atoms with van der Waals surface area (Å²) in [5.74, 6) is 0. The number of para-hydroxylation sites is 2. The van der Waals surface area contributed by atoms with Crippen molar-refractivity contribution in [1.82, 2.24) is 0 Å². The Bertz CT molecular complexity index is 4080. The molecule has 0 atom stereocenters. The Labute approximate surface area is 399 Å². The Morgan fingerprint density at radius 1 is 0.275 bits per heavy atom. The molecule has 4 nitrogen and oxygen atoms in total. The molecule has 4 heteroatoms. The molecule has 0 unspecified atom stereocenters. The molecule has 0 fully saturated rings. The van der Waals surface area contributed by atoms with Crippen LogP contribution in [0.15, 0.2) is 264 Å². The van der Waals surface area contributed by atoms with Crippen LogP contribution in [-0.2, 0) is 5.41 Å². The third-order valence-electron chi connectivity index (χ3n) is 14.3. The van der Waals surface area contributed by atoms with E-state index in [2.05, 4.69) is 240 Å². The lowest BCUT2D eigenvalue weighted by Gasteiger charge is -2.35. The van der Waals surface area contributed by atoms with Gasteiger partial charge in [0.15, 0.2) is 0 Å². The fourth-order valence-corrected chi connectivity index (χ4v) is 11.3. The number of furan rings is 2. The van der Waals surface area contributed by atoms with Crippen LogP contribution in [0, 0.1) is 0 Å². The van der Waals surface area contributed by atoms with Gasteiger partial charge in [-0.25, -0.2) is 0 Å². The number of rotatable bonds is 8. The first-order valence-electron chi connectivity index (χ1n) is 23.6. The lowest BCUT2D eigenvalue weighted by atomic mass is 9.67.